The second-order valence-electron chi connectivity index (χ2n) is 8.45. The third kappa shape index (κ3) is 5.76. The van der Waals surface area contributed by atoms with E-state index in [0.717, 1.165) is 36.6 Å². The Morgan fingerprint density at radius 3 is 2.29 bits per heavy atom. The van der Waals surface area contributed by atoms with Crippen molar-refractivity contribution in [3.05, 3.63) is 46.6 Å². The van der Waals surface area contributed by atoms with Gasteiger partial charge in [0.25, 0.3) is 0 Å². The number of nitrogens with zero attached hydrogens (tertiary/aromatic N) is 4. The van der Waals surface area contributed by atoms with Crippen molar-refractivity contribution < 1.29 is 26.3 Å². The molecule has 7 nitrogen and oxygen atoms in total. The second kappa shape index (κ2) is 9.88. The van der Waals surface area contributed by atoms with Crippen LogP contribution in [0.25, 0.3) is 0 Å². The number of hydrogen-bond acceptors (Lipinski definition) is 7. The predicted molar refractivity (Wildman–Crippen MR) is 124 cm³/mol. The average Bonchev–Trinajstić information content (AvgIpc) is 2.79. The monoisotopic (exact) mass is 518 g/mol. The van der Waals surface area contributed by atoms with Gasteiger partial charge in [-0.2, -0.15) is 13.2 Å². The largest absolute Gasteiger partial charge is 0.417 e. The standard InChI is InChI=1S/C22H26ClF3N4O3S/c1-34(31,32)18-2-3-20(29-8-10-33-11-9-29)16(12-18)15-28-4-6-30(7-5-28)21-19(23)13-17(14-27-21)22(24,25)26/h2-3,12-14H,4-11,15H2,1H3. The molecule has 0 amide bonds. The minimum absolute atomic E-state index is 0.0290. The molecule has 1 aromatic carbocycles. The molecule has 2 fully saturated rings. The molecular formula is C22H26ClF3N4O3S. The van der Waals surface area contributed by atoms with E-state index in [9.17, 15) is 21.6 Å². The summed E-state index contributed by atoms with van der Waals surface area (Å²) in [6, 6.07) is 6.14. The van der Waals surface area contributed by atoms with Crippen molar-refractivity contribution in [2.75, 3.05) is 68.5 Å². The fourth-order valence-electron chi connectivity index (χ4n) is 4.21. The van der Waals surface area contributed by atoms with Crippen LogP contribution in [0.2, 0.25) is 5.02 Å². The van der Waals surface area contributed by atoms with E-state index in [-0.39, 0.29) is 9.92 Å². The Bertz CT molecular complexity index is 1130. The van der Waals surface area contributed by atoms with Crippen LogP contribution in [0, 0.1) is 0 Å². The third-order valence-corrected chi connectivity index (χ3v) is 7.43. The molecule has 12 heteroatoms. The number of halogens is 4. The molecule has 0 atom stereocenters. The zero-order chi connectivity index (χ0) is 24.5. The van der Waals surface area contributed by atoms with Crippen molar-refractivity contribution in [1.29, 1.82) is 0 Å². The molecule has 0 bridgehead atoms. The van der Waals surface area contributed by atoms with Gasteiger partial charge < -0.3 is 14.5 Å². The molecule has 0 N–H and O–H groups in total. The van der Waals surface area contributed by atoms with Crippen LogP contribution in [0.4, 0.5) is 24.7 Å². The van der Waals surface area contributed by atoms with Gasteiger partial charge in [-0.05, 0) is 29.8 Å². The van der Waals surface area contributed by atoms with Crippen LogP contribution < -0.4 is 9.80 Å². The fraction of sp³-hybridized carbons (Fsp3) is 0.500. The summed E-state index contributed by atoms with van der Waals surface area (Å²) in [5.74, 6) is 0.336. The van der Waals surface area contributed by atoms with Gasteiger partial charge in [0.05, 0.1) is 28.7 Å². The summed E-state index contributed by atoms with van der Waals surface area (Å²) >= 11 is 6.11. The minimum Gasteiger partial charge on any atom is -0.378 e. The fourth-order valence-corrected chi connectivity index (χ4v) is 5.17. The first kappa shape index (κ1) is 25.0. The van der Waals surface area contributed by atoms with Crippen LogP contribution >= 0.6 is 11.6 Å². The van der Waals surface area contributed by atoms with Gasteiger partial charge in [-0.25, -0.2) is 13.4 Å². The van der Waals surface area contributed by atoms with Gasteiger partial charge in [0, 0.05) is 64.0 Å². The normalized spacial score (nSPS) is 18.4. The van der Waals surface area contributed by atoms with Gasteiger partial charge in [-0.3, -0.25) is 4.90 Å². The third-order valence-electron chi connectivity index (χ3n) is 6.05. The number of benzene rings is 1. The van der Waals surface area contributed by atoms with Crippen molar-refractivity contribution in [2.24, 2.45) is 0 Å². The molecule has 0 spiro atoms. The number of anilines is 2. The molecule has 0 radical (unpaired) electrons. The number of rotatable bonds is 5. The van der Waals surface area contributed by atoms with Crippen LogP contribution in [0.5, 0.6) is 0 Å². The summed E-state index contributed by atoms with van der Waals surface area (Å²) < 4.78 is 68.4. The Morgan fingerprint density at radius 1 is 1.03 bits per heavy atom. The van der Waals surface area contributed by atoms with Crippen LogP contribution in [-0.2, 0) is 27.3 Å². The number of sulfone groups is 1. The smallest absolute Gasteiger partial charge is 0.378 e. The second-order valence-corrected chi connectivity index (χ2v) is 10.9. The zero-order valence-electron chi connectivity index (χ0n) is 18.7. The Balaban J connectivity index is 1.48. The summed E-state index contributed by atoms with van der Waals surface area (Å²) in [6.45, 7) is 5.59. The quantitative estimate of drug-likeness (QED) is 0.601. The lowest BCUT2D eigenvalue weighted by atomic mass is 10.1. The van der Waals surface area contributed by atoms with Gasteiger partial charge in [0.15, 0.2) is 9.84 Å². The molecule has 0 unspecified atom stereocenters. The Labute approximate surface area is 202 Å². The Hall–Kier alpha value is -2.08. The Kier molecular flexibility index (Phi) is 7.28. The van der Waals surface area contributed by atoms with Gasteiger partial charge in [0.1, 0.15) is 5.82 Å². The van der Waals surface area contributed by atoms with Gasteiger partial charge in [-0.15, -0.1) is 0 Å². The number of aromatic nitrogens is 1. The van der Waals surface area contributed by atoms with Crippen LogP contribution in [0.1, 0.15) is 11.1 Å². The first-order valence-corrected chi connectivity index (χ1v) is 13.1. The molecule has 4 rings (SSSR count). The molecular weight excluding hydrogens is 493 g/mol. The molecule has 3 heterocycles. The van der Waals surface area contributed by atoms with Crippen molar-refractivity contribution in [3.63, 3.8) is 0 Å². The number of pyridine rings is 1. The first-order chi connectivity index (χ1) is 16.0. The topological polar surface area (TPSA) is 66.0 Å². The molecule has 2 saturated heterocycles. The molecule has 186 valence electrons. The first-order valence-electron chi connectivity index (χ1n) is 10.9. The summed E-state index contributed by atoms with van der Waals surface area (Å²) in [7, 11) is -3.35. The van der Waals surface area contributed by atoms with E-state index in [0.29, 0.717) is 51.8 Å². The lowest BCUT2D eigenvalue weighted by Crippen LogP contribution is -2.46. The maximum absolute atomic E-state index is 12.9. The number of piperazine rings is 1. The SMILES string of the molecule is CS(=O)(=O)c1ccc(N2CCOCC2)c(CN2CCN(c3ncc(C(F)(F)F)cc3Cl)CC2)c1. The molecule has 1 aromatic heterocycles. The number of alkyl halides is 3. The Morgan fingerprint density at radius 2 is 1.71 bits per heavy atom. The summed E-state index contributed by atoms with van der Waals surface area (Å²) in [5.41, 5.74) is 1.04. The van der Waals surface area contributed by atoms with Gasteiger partial charge in [-0.1, -0.05) is 11.6 Å². The van der Waals surface area contributed by atoms with Crippen molar-refractivity contribution in [3.8, 4) is 0 Å². The van der Waals surface area contributed by atoms with E-state index < -0.39 is 21.6 Å². The molecule has 34 heavy (non-hydrogen) atoms. The van der Waals surface area contributed by atoms with Crippen molar-refractivity contribution in [2.45, 2.75) is 17.6 Å². The van der Waals surface area contributed by atoms with E-state index >= 15 is 0 Å². The highest BCUT2D eigenvalue weighted by molar-refractivity contribution is 7.90. The summed E-state index contributed by atoms with van der Waals surface area (Å²) in [4.78, 5) is 10.5. The number of hydrogen-bond donors (Lipinski definition) is 0. The van der Waals surface area contributed by atoms with Crippen molar-refractivity contribution in [1.82, 2.24) is 9.88 Å². The van der Waals surface area contributed by atoms with E-state index in [2.05, 4.69) is 14.8 Å². The molecule has 2 aliphatic rings. The maximum atomic E-state index is 12.9. The molecule has 0 saturated carbocycles. The maximum Gasteiger partial charge on any atom is 0.417 e. The minimum atomic E-state index is -4.49. The molecule has 0 aliphatic carbocycles. The van der Waals surface area contributed by atoms with Crippen molar-refractivity contribution >= 4 is 32.9 Å². The zero-order valence-corrected chi connectivity index (χ0v) is 20.3. The van der Waals surface area contributed by atoms with E-state index in [4.69, 9.17) is 16.3 Å². The highest BCUT2D eigenvalue weighted by Crippen LogP contribution is 2.34. The predicted octanol–water partition coefficient (Wildman–Crippen LogP) is 3.32. The van der Waals surface area contributed by atoms with E-state index in [1.807, 2.05) is 11.0 Å². The summed E-state index contributed by atoms with van der Waals surface area (Å²) in [5, 5.41) is -0.0290. The molecule has 2 aliphatic heterocycles. The van der Waals surface area contributed by atoms with Gasteiger partial charge in [0.2, 0.25) is 0 Å². The van der Waals surface area contributed by atoms with Gasteiger partial charge >= 0.3 is 6.18 Å². The average molecular weight is 519 g/mol. The number of ether oxygens (including phenoxy) is 1. The van der Waals surface area contributed by atoms with E-state index in [1.54, 1.807) is 12.1 Å². The summed E-state index contributed by atoms with van der Waals surface area (Å²) in [6.07, 6.45) is -2.49. The number of morpholine rings is 1. The lowest BCUT2D eigenvalue weighted by molar-refractivity contribution is -0.137. The van der Waals surface area contributed by atoms with Crippen LogP contribution in [0.3, 0.4) is 0 Å². The molecule has 2 aromatic rings. The lowest BCUT2D eigenvalue weighted by Gasteiger charge is -2.37. The highest BCUT2D eigenvalue weighted by atomic mass is 35.5. The van der Waals surface area contributed by atoms with Crippen LogP contribution in [0.15, 0.2) is 35.4 Å². The highest BCUT2D eigenvalue weighted by Gasteiger charge is 2.32. The van der Waals surface area contributed by atoms with E-state index in [1.165, 1.54) is 6.26 Å². The van der Waals surface area contributed by atoms with Crippen LogP contribution in [-0.4, -0.2) is 77.0 Å².